The molecule has 1 saturated heterocycles. The van der Waals surface area contributed by atoms with Crippen molar-refractivity contribution in [3.8, 4) is 11.5 Å². The van der Waals surface area contributed by atoms with Gasteiger partial charge in [-0.05, 0) is 48.9 Å². The fourth-order valence-electron chi connectivity index (χ4n) is 4.53. The monoisotopic (exact) mass is 451 g/mol. The molecule has 0 atom stereocenters. The first-order chi connectivity index (χ1) is 16.6. The molecule has 3 aromatic carbocycles. The second kappa shape index (κ2) is 7.81. The number of anilines is 1. The number of nitrogens with one attached hydrogen (secondary N) is 1. The van der Waals surface area contributed by atoms with Crippen LogP contribution < -0.4 is 19.9 Å². The Hall–Kier alpha value is -4.52. The minimum absolute atomic E-state index is 0.109. The molecular formula is C27H21N3O4. The smallest absolute Gasteiger partial charge is 0.282 e. The second-order valence-electron chi connectivity index (χ2n) is 8.27. The number of carbonyl (C=O) groups is 2. The molecule has 6 rings (SSSR count). The minimum atomic E-state index is -0.416. The van der Waals surface area contributed by atoms with E-state index in [0.29, 0.717) is 12.2 Å². The Morgan fingerprint density at radius 1 is 0.941 bits per heavy atom. The van der Waals surface area contributed by atoms with E-state index in [1.165, 1.54) is 5.01 Å². The van der Waals surface area contributed by atoms with Crippen LogP contribution in [0.4, 0.5) is 5.69 Å². The number of amides is 2. The average Bonchev–Trinajstić information content (AvgIpc) is 3.52. The summed E-state index contributed by atoms with van der Waals surface area (Å²) in [5, 5.41) is 2.27. The Morgan fingerprint density at radius 3 is 2.56 bits per heavy atom. The van der Waals surface area contributed by atoms with Gasteiger partial charge < -0.3 is 14.0 Å². The lowest BCUT2D eigenvalue weighted by molar-refractivity contribution is -0.117. The first kappa shape index (κ1) is 20.1. The van der Waals surface area contributed by atoms with Crippen molar-refractivity contribution in [2.75, 3.05) is 11.8 Å². The predicted molar refractivity (Wildman–Crippen MR) is 128 cm³/mol. The van der Waals surface area contributed by atoms with Crippen LogP contribution in [0.15, 0.2) is 78.4 Å². The number of hydrogen-bond donors (Lipinski definition) is 1. The molecule has 0 aliphatic carbocycles. The highest BCUT2D eigenvalue weighted by Gasteiger charge is 2.35. The number of para-hydroxylation sites is 2. The SMILES string of the molecule is Cc1c(/C=C2/C(=O)NN(c3ccccc3)C2=O)c2ccccc2n1Cc1ccc2c(c1)OCO2. The quantitative estimate of drug-likeness (QED) is 0.373. The number of hydrazine groups is 1. The van der Waals surface area contributed by atoms with E-state index in [1.54, 1.807) is 18.2 Å². The van der Waals surface area contributed by atoms with Gasteiger partial charge in [-0.15, -0.1) is 0 Å². The van der Waals surface area contributed by atoms with Crippen molar-refractivity contribution in [3.63, 3.8) is 0 Å². The van der Waals surface area contributed by atoms with Gasteiger partial charge in [0.25, 0.3) is 11.8 Å². The van der Waals surface area contributed by atoms with Crippen molar-refractivity contribution in [1.82, 2.24) is 9.99 Å². The standard InChI is InChI=1S/C27H21N3O4/c1-17-21(14-22-26(31)28-30(27(22)32)19-7-3-2-4-8-19)20-9-5-6-10-23(20)29(17)15-18-11-12-24-25(13-18)34-16-33-24/h2-14H,15-16H2,1H3,(H,28,31)/b22-14-. The van der Waals surface area contributed by atoms with Crippen molar-refractivity contribution in [3.05, 3.63) is 95.2 Å². The molecule has 2 aliphatic heterocycles. The molecule has 0 spiro atoms. The fourth-order valence-corrected chi connectivity index (χ4v) is 4.53. The van der Waals surface area contributed by atoms with Crippen LogP contribution in [0.1, 0.15) is 16.8 Å². The summed E-state index contributed by atoms with van der Waals surface area (Å²) in [7, 11) is 0. The maximum absolute atomic E-state index is 13.1. The maximum Gasteiger partial charge on any atom is 0.282 e. The molecule has 3 heterocycles. The van der Waals surface area contributed by atoms with Crippen molar-refractivity contribution < 1.29 is 19.1 Å². The van der Waals surface area contributed by atoms with Gasteiger partial charge in [-0.25, -0.2) is 5.01 Å². The van der Waals surface area contributed by atoms with Crippen LogP contribution in [-0.4, -0.2) is 23.2 Å². The van der Waals surface area contributed by atoms with E-state index in [1.807, 2.05) is 67.6 Å². The second-order valence-corrected chi connectivity index (χ2v) is 8.27. The van der Waals surface area contributed by atoms with Gasteiger partial charge in [0.1, 0.15) is 5.57 Å². The zero-order chi connectivity index (χ0) is 23.2. The summed E-state index contributed by atoms with van der Waals surface area (Å²) < 4.78 is 13.1. The molecule has 1 N–H and O–H groups in total. The molecule has 0 saturated carbocycles. The Bertz CT molecular complexity index is 1490. The fraction of sp³-hybridized carbons (Fsp3) is 0.111. The van der Waals surface area contributed by atoms with Crippen molar-refractivity contribution in [2.45, 2.75) is 13.5 Å². The summed E-state index contributed by atoms with van der Waals surface area (Å²) >= 11 is 0. The zero-order valence-electron chi connectivity index (χ0n) is 18.4. The van der Waals surface area contributed by atoms with E-state index in [-0.39, 0.29) is 18.3 Å². The normalized spacial score (nSPS) is 16.0. The van der Waals surface area contributed by atoms with Gasteiger partial charge >= 0.3 is 0 Å². The largest absolute Gasteiger partial charge is 0.454 e. The molecular weight excluding hydrogens is 430 g/mol. The lowest BCUT2D eigenvalue weighted by Crippen LogP contribution is -2.35. The molecule has 0 unspecified atom stereocenters. The van der Waals surface area contributed by atoms with Gasteiger partial charge in [0.15, 0.2) is 11.5 Å². The number of rotatable bonds is 4. The number of benzene rings is 3. The number of hydrogen-bond acceptors (Lipinski definition) is 4. The van der Waals surface area contributed by atoms with Crippen LogP contribution in [0.3, 0.4) is 0 Å². The van der Waals surface area contributed by atoms with Crippen molar-refractivity contribution in [2.24, 2.45) is 0 Å². The van der Waals surface area contributed by atoms with Crippen LogP contribution >= 0.6 is 0 Å². The molecule has 7 nitrogen and oxygen atoms in total. The van der Waals surface area contributed by atoms with Gasteiger partial charge in [0.05, 0.1) is 5.69 Å². The Kier molecular flexibility index (Phi) is 4.62. The number of aromatic nitrogens is 1. The number of nitrogens with zero attached hydrogens (tertiary/aromatic N) is 2. The maximum atomic E-state index is 13.1. The lowest BCUT2D eigenvalue weighted by atomic mass is 10.1. The third-order valence-electron chi connectivity index (χ3n) is 6.25. The average molecular weight is 451 g/mol. The third kappa shape index (κ3) is 3.21. The molecule has 2 amide bonds. The molecule has 34 heavy (non-hydrogen) atoms. The molecule has 0 bridgehead atoms. The van der Waals surface area contributed by atoms with Gasteiger partial charge in [-0.2, -0.15) is 0 Å². The number of ether oxygens (including phenoxy) is 2. The van der Waals surface area contributed by atoms with E-state index >= 15 is 0 Å². The van der Waals surface area contributed by atoms with Crippen molar-refractivity contribution in [1.29, 1.82) is 0 Å². The molecule has 1 fully saturated rings. The molecule has 4 aromatic rings. The van der Waals surface area contributed by atoms with E-state index in [4.69, 9.17) is 9.47 Å². The molecule has 7 heteroatoms. The summed E-state index contributed by atoms with van der Waals surface area (Å²) in [5.74, 6) is 0.698. The molecule has 1 aromatic heterocycles. The highest BCUT2D eigenvalue weighted by atomic mass is 16.7. The Labute approximate surface area is 195 Å². The topological polar surface area (TPSA) is 72.8 Å². The van der Waals surface area contributed by atoms with E-state index < -0.39 is 5.91 Å². The summed E-state index contributed by atoms with van der Waals surface area (Å²) in [6.45, 7) is 2.85. The van der Waals surface area contributed by atoms with Gasteiger partial charge in [-0.3, -0.25) is 15.0 Å². The number of fused-ring (bicyclic) bond motifs is 2. The van der Waals surface area contributed by atoms with Crippen LogP contribution in [0, 0.1) is 6.92 Å². The summed E-state index contributed by atoms with van der Waals surface area (Å²) in [6.07, 6.45) is 1.70. The third-order valence-corrected chi connectivity index (χ3v) is 6.25. The molecule has 0 radical (unpaired) electrons. The summed E-state index contributed by atoms with van der Waals surface area (Å²) in [4.78, 5) is 25.9. The van der Waals surface area contributed by atoms with Gasteiger partial charge in [0, 0.05) is 28.7 Å². The first-order valence-electron chi connectivity index (χ1n) is 11.0. The highest BCUT2D eigenvalue weighted by Crippen LogP contribution is 2.34. The van der Waals surface area contributed by atoms with Crippen LogP contribution in [0.5, 0.6) is 11.5 Å². The minimum Gasteiger partial charge on any atom is -0.454 e. The predicted octanol–water partition coefficient (Wildman–Crippen LogP) is 4.19. The van der Waals surface area contributed by atoms with E-state index in [2.05, 4.69) is 9.99 Å². The highest BCUT2D eigenvalue weighted by molar-refractivity contribution is 6.32. The Balaban J connectivity index is 1.41. The summed E-state index contributed by atoms with van der Waals surface area (Å²) in [5.41, 5.74) is 7.30. The van der Waals surface area contributed by atoms with E-state index in [0.717, 1.165) is 39.2 Å². The lowest BCUT2D eigenvalue weighted by Gasteiger charge is -2.13. The van der Waals surface area contributed by atoms with Gasteiger partial charge in [-0.1, -0.05) is 42.5 Å². The molecule has 2 aliphatic rings. The zero-order valence-corrected chi connectivity index (χ0v) is 18.4. The van der Waals surface area contributed by atoms with E-state index in [9.17, 15) is 9.59 Å². The van der Waals surface area contributed by atoms with Crippen LogP contribution in [0.2, 0.25) is 0 Å². The summed E-state index contributed by atoms with van der Waals surface area (Å²) in [6, 6.07) is 23.0. The van der Waals surface area contributed by atoms with Crippen LogP contribution in [-0.2, 0) is 16.1 Å². The Morgan fingerprint density at radius 2 is 1.71 bits per heavy atom. The molecule has 168 valence electrons. The van der Waals surface area contributed by atoms with Gasteiger partial charge in [0.2, 0.25) is 6.79 Å². The first-order valence-corrected chi connectivity index (χ1v) is 11.0. The van der Waals surface area contributed by atoms with Crippen LogP contribution in [0.25, 0.3) is 17.0 Å². The number of carbonyl (C=O) groups excluding carboxylic acids is 2. The van der Waals surface area contributed by atoms with Crippen molar-refractivity contribution >= 4 is 34.5 Å².